The van der Waals surface area contributed by atoms with Crippen LogP contribution in [0, 0.1) is 6.92 Å². The maximum atomic E-state index is 13.2. The van der Waals surface area contributed by atoms with Gasteiger partial charge in [0.1, 0.15) is 17.9 Å². The van der Waals surface area contributed by atoms with E-state index in [4.69, 9.17) is 9.47 Å². The van der Waals surface area contributed by atoms with Crippen molar-refractivity contribution in [3.8, 4) is 0 Å². The van der Waals surface area contributed by atoms with E-state index in [-0.39, 0.29) is 12.0 Å². The molecule has 182 valence electrons. The molecule has 0 radical (unpaired) electrons. The second-order valence-corrected chi connectivity index (χ2v) is 9.16. The molecule has 1 aliphatic rings. The average molecular weight is 469 g/mol. The van der Waals surface area contributed by atoms with Gasteiger partial charge >= 0.3 is 6.18 Å². The van der Waals surface area contributed by atoms with Crippen molar-refractivity contribution in [2.24, 2.45) is 0 Å². The predicted octanol–water partition coefficient (Wildman–Crippen LogP) is 4.27. The molecule has 0 saturated carbocycles. The standard InChI is InChI=1S/C23H31F3N4O3/c1-13(15-7-6-8-16(11-15)23(24,25)26)27-20-19(21-32-9-10-33-21)17(28-14(2)29-20)12-18(31)30-22(3,4)5/h6-8,11,13,18,21,30-31H,9-10,12H2,1-5H3,(H,27,28,29)/t13-,18?/m1/s1. The van der Waals surface area contributed by atoms with Crippen LogP contribution in [0.1, 0.15) is 68.2 Å². The number of aryl methyl sites for hydroxylation is 1. The molecular weight excluding hydrogens is 437 g/mol. The molecule has 0 spiro atoms. The molecule has 1 aromatic carbocycles. The Morgan fingerprint density at radius 1 is 1.15 bits per heavy atom. The Balaban J connectivity index is 1.94. The fourth-order valence-electron chi connectivity index (χ4n) is 3.68. The van der Waals surface area contributed by atoms with Gasteiger partial charge in [0, 0.05) is 18.0 Å². The Morgan fingerprint density at radius 3 is 2.42 bits per heavy atom. The minimum atomic E-state index is -4.43. The fraction of sp³-hybridized carbons (Fsp3) is 0.565. The first-order valence-corrected chi connectivity index (χ1v) is 10.8. The zero-order chi connectivity index (χ0) is 24.4. The van der Waals surface area contributed by atoms with Crippen LogP contribution in [0.2, 0.25) is 0 Å². The van der Waals surface area contributed by atoms with E-state index in [1.807, 2.05) is 20.8 Å². The number of rotatable bonds is 7. The van der Waals surface area contributed by atoms with Crippen LogP contribution >= 0.6 is 0 Å². The molecule has 0 aliphatic carbocycles. The summed E-state index contributed by atoms with van der Waals surface area (Å²) in [6.45, 7) is 10.1. The predicted molar refractivity (Wildman–Crippen MR) is 117 cm³/mol. The van der Waals surface area contributed by atoms with E-state index >= 15 is 0 Å². The highest BCUT2D eigenvalue weighted by Gasteiger charge is 2.32. The highest BCUT2D eigenvalue weighted by molar-refractivity contribution is 5.50. The van der Waals surface area contributed by atoms with Crippen molar-refractivity contribution in [2.75, 3.05) is 18.5 Å². The van der Waals surface area contributed by atoms with Crippen molar-refractivity contribution < 1.29 is 27.8 Å². The van der Waals surface area contributed by atoms with E-state index in [9.17, 15) is 18.3 Å². The molecule has 0 bridgehead atoms. The van der Waals surface area contributed by atoms with Crippen molar-refractivity contribution in [2.45, 2.75) is 71.3 Å². The molecule has 2 atom stereocenters. The molecule has 10 heteroatoms. The second-order valence-electron chi connectivity index (χ2n) is 9.16. The number of hydrogen-bond donors (Lipinski definition) is 3. The summed E-state index contributed by atoms with van der Waals surface area (Å²) in [4.78, 5) is 9.01. The van der Waals surface area contributed by atoms with Crippen LogP contribution in [0.15, 0.2) is 24.3 Å². The largest absolute Gasteiger partial charge is 0.416 e. The number of alkyl halides is 3. The topological polar surface area (TPSA) is 88.5 Å². The monoisotopic (exact) mass is 468 g/mol. The number of aromatic nitrogens is 2. The Hall–Kier alpha value is -2.27. The van der Waals surface area contributed by atoms with Crippen LogP contribution in [0.25, 0.3) is 0 Å². The van der Waals surface area contributed by atoms with Crippen molar-refractivity contribution in [3.63, 3.8) is 0 Å². The quantitative estimate of drug-likeness (QED) is 0.523. The van der Waals surface area contributed by atoms with Crippen LogP contribution in [-0.2, 0) is 22.1 Å². The average Bonchev–Trinajstić information content (AvgIpc) is 3.19. The van der Waals surface area contributed by atoms with Gasteiger partial charge in [-0.1, -0.05) is 12.1 Å². The van der Waals surface area contributed by atoms with Gasteiger partial charge in [-0.3, -0.25) is 5.32 Å². The molecule has 3 rings (SSSR count). The first kappa shape index (κ1) is 25.4. The van der Waals surface area contributed by atoms with Gasteiger partial charge < -0.3 is 19.9 Å². The fourth-order valence-corrected chi connectivity index (χ4v) is 3.68. The van der Waals surface area contributed by atoms with E-state index < -0.39 is 30.3 Å². The number of nitrogens with one attached hydrogen (secondary N) is 2. The van der Waals surface area contributed by atoms with Crippen LogP contribution in [0.3, 0.4) is 0 Å². The van der Waals surface area contributed by atoms with Crippen LogP contribution < -0.4 is 10.6 Å². The highest BCUT2D eigenvalue weighted by Crippen LogP contribution is 2.35. The Morgan fingerprint density at radius 2 is 1.82 bits per heavy atom. The minimum absolute atomic E-state index is 0.172. The Kier molecular flexibility index (Phi) is 7.62. The Labute approximate surface area is 191 Å². The van der Waals surface area contributed by atoms with Crippen LogP contribution in [0.4, 0.5) is 19.0 Å². The number of ether oxygens (including phenoxy) is 2. The number of hydrogen-bond acceptors (Lipinski definition) is 7. The van der Waals surface area contributed by atoms with Gasteiger partial charge in [0.15, 0.2) is 6.29 Å². The van der Waals surface area contributed by atoms with E-state index in [0.717, 1.165) is 12.1 Å². The minimum Gasteiger partial charge on any atom is -0.378 e. The van der Waals surface area contributed by atoms with Crippen molar-refractivity contribution in [1.29, 1.82) is 0 Å². The van der Waals surface area contributed by atoms with Gasteiger partial charge in [-0.2, -0.15) is 13.2 Å². The molecule has 7 nitrogen and oxygen atoms in total. The highest BCUT2D eigenvalue weighted by atomic mass is 19.4. The molecule has 1 fully saturated rings. The molecule has 1 unspecified atom stereocenters. The lowest BCUT2D eigenvalue weighted by atomic mass is 10.0. The summed E-state index contributed by atoms with van der Waals surface area (Å²) in [5.41, 5.74) is 0.494. The van der Waals surface area contributed by atoms with Crippen molar-refractivity contribution in [3.05, 3.63) is 52.5 Å². The smallest absolute Gasteiger partial charge is 0.378 e. The normalized spacial score (nSPS) is 17.2. The lowest BCUT2D eigenvalue weighted by molar-refractivity contribution is -0.137. The van der Waals surface area contributed by atoms with Crippen molar-refractivity contribution in [1.82, 2.24) is 15.3 Å². The van der Waals surface area contributed by atoms with E-state index in [1.54, 1.807) is 19.9 Å². The molecular formula is C23H31F3N4O3. The molecule has 2 aromatic rings. The number of nitrogens with zero attached hydrogens (tertiary/aromatic N) is 2. The number of aliphatic hydroxyl groups excluding tert-OH is 1. The maximum Gasteiger partial charge on any atom is 0.416 e. The summed E-state index contributed by atoms with van der Waals surface area (Å²) in [7, 11) is 0. The lowest BCUT2D eigenvalue weighted by Gasteiger charge is -2.27. The molecule has 3 N–H and O–H groups in total. The second kappa shape index (κ2) is 9.92. The summed E-state index contributed by atoms with van der Waals surface area (Å²) in [6.07, 6.45) is -5.88. The molecule has 33 heavy (non-hydrogen) atoms. The van der Waals surface area contributed by atoms with Crippen LogP contribution in [-0.4, -0.2) is 40.1 Å². The first-order chi connectivity index (χ1) is 15.3. The number of anilines is 1. The summed E-state index contributed by atoms with van der Waals surface area (Å²) in [5, 5.41) is 16.9. The van der Waals surface area contributed by atoms with Gasteiger partial charge in [-0.15, -0.1) is 0 Å². The lowest BCUT2D eigenvalue weighted by Crippen LogP contribution is -2.44. The zero-order valence-electron chi connectivity index (χ0n) is 19.5. The van der Waals surface area contributed by atoms with Gasteiger partial charge in [0.2, 0.25) is 0 Å². The molecule has 1 saturated heterocycles. The van der Waals surface area contributed by atoms with Gasteiger partial charge in [-0.05, 0) is 52.3 Å². The van der Waals surface area contributed by atoms with Crippen LogP contribution in [0.5, 0.6) is 0 Å². The summed E-state index contributed by atoms with van der Waals surface area (Å²) < 4.78 is 50.9. The van der Waals surface area contributed by atoms with E-state index in [1.165, 1.54) is 6.07 Å². The Bertz CT molecular complexity index is 957. The molecule has 0 amide bonds. The molecule has 1 aromatic heterocycles. The van der Waals surface area contributed by atoms with Gasteiger partial charge in [0.25, 0.3) is 0 Å². The van der Waals surface area contributed by atoms with Gasteiger partial charge in [0.05, 0.1) is 30.0 Å². The number of benzene rings is 1. The third-order valence-electron chi connectivity index (χ3n) is 5.05. The van der Waals surface area contributed by atoms with Crippen molar-refractivity contribution >= 4 is 5.82 Å². The third-order valence-corrected chi connectivity index (χ3v) is 5.05. The molecule has 2 heterocycles. The third kappa shape index (κ3) is 6.86. The summed E-state index contributed by atoms with van der Waals surface area (Å²) in [5.74, 6) is 0.853. The maximum absolute atomic E-state index is 13.2. The zero-order valence-corrected chi connectivity index (χ0v) is 19.5. The van der Waals surface area contributed by atoms with Gasteiger partial charge in [-0.25, -0.2) is 9.97 Å². The summed E-state index contributed by atoms with van der Waals surface area (Å²) in [6, 6.07) is 4.67. The summed E-state index contributed by atoms with van der Waals surface area (Å²) >= 11 is 0. The van der Waals surface area contributed by atoms with E-state index in [0.29, 0.717) is 41.7 Å². The first-order valence-electron chi connectivity index (χ1n) is 10.8. The van der Waals surface area contributed by atoms with E-state index in [2.05, 4.69) is 20.6 Å². The SMILES string of the molecule is Cc1nc(CC(O)NC(C)(C)C)c(C2OCCO2)c(N[C@H](C)c2cccc(C(F)(F)F)c2)n1. The number of halogens is 3. The molecule has 1 aliphatic heterocycles. The number of aliphatic hydroxyl groups is 1.